The molecule has 0 unspecified atom stereocenters. The first-order valence-corrected chi connectivity index (χ1v) is 6.15. The summed E-state index contributed by atoms with van der Waals surface area (Å²) in [5, 5.41) is 9.21. The van der Waals surface area contributed by atoms with E-state index in [0.717, 1.165) is 11.3 Å². The van der Waals surface area contributed by atoms with Crippen molar-refractivity contribution < 1.29 is 14.3 Å². The summed E-state index contributed by atoms with van der Waals surface area (Å²) in [6.45, 7) is 1.04. The quantitative estimate of drug-likeness (QED) is 0.797. The van der Waals surface area contributed by atoms with Crippen molar-refractivity contribution in [3.05, 3.63) is 23.8 Å². The van der Waals surface area contributed by atoms with Gasteiger partial charge in [0.1, 0.15) is 11.2 Å². The van der Waals surface area contributed by atoms with Gasteiger partial charge in [-0.1, -0.05) is 6.07 Å². The van der Waals surface area contributed by atoms with Crippen molar-refractivity contribution in [2.24, 2.45) is 5.41 Å². The van der Waals surface area contributed by atoms with Gasteiger partial charge in [0.05, 0.1) is 25.0 Å². The number of ether oxygens (including phenoxy) is 2. The molecule has 1 fully saturated rings. The largest absolute Gasteiger partial charge is 0.482 e. The van der Waals surface area contributed by atoms with Crippen LogP contribution in [0.1, 0.15) is 5.56 Å². The zero-order valence-corrected chi connectivity index (χ0v) is 10.7. The number of benzene rings is 1. The number of rotatable bonds is 2. The molecule has 0 atom stereocenters. The van der Waals surface area contributed by atoms with Gasteiger partial charge in [-0.3, -0.25) is 4.79 Å². The average molecular weight is 258 g/mol. The molecule has 5 nitrogen and oxygen atoms in total. The maximum Gasteiger partial charge on any atom is 0.264 e. The highest BCUT2D eigenvalue weighted by atomic mass is 16.5. The van der Waals surface area contributed by atoms with Crippen LogP contribution in [-0.4, -0.2) is 32.8 Å². The van der Waals surface area contributed by atoms with Gasteiger partial charge in [0.15, 0.2) is 6.61 Å². The van der Waals surface area contributed by atoms with Crippen molar-refractivity contribution >= 4 is 11.6 Å². The van der Waals surface area contributed by atoms with Gasteiger partial charge in [0.25, 0.3) is 5.91 Å². The van der Waals surface area contributed by atoms with E-state index in [1.54, 1.807) is 11.9 Å². The molecule has 2 aliphatic heterocycles. The van der Waals surface area contributed by atoms with Crippen molar-refractivity contribution in [1.82, 2.24) is 0 Å². The molecule has 0 bridgehead atoms. The zero-order chi connectivity index (χ0) is 13.5. The van der Waals surface area contributed by atoms with E-state index in [4.69, 9.17) is 9.47 Å². The summed E-state index contributed by atoms with van der Waals surface area (Å²) in [6, 6.07) is 8.05. The second-order valence-electron chi connectivity index (χ2n) is 5.11. The summed E-state index contributed by atoms with van der Waals surface area (Å²) in [7, 11) is 1.74. The van der Waals surface area contributed by atoms with Crippen LogP contribution in [0.25, 0.3) is 0 Å². The summed E-state index contributed by atoms with van der Waals surface area (Å²) < 4.78 is 10.5. The zero-order valence-electron chi connectivity index (χ0n) is 10.7. The maximum atomic E-state index is 11.6. The summed E-state index contributed by atoms with van der Waals surface area (Å²) in [4.78, 5) is 13.2. The lowest BCUT2D eigenvalue weighted by Gasteiger charge is -2.35. The van der Waals surface area contributed by atoms with Crippen molar-refractivity contribution in [1.29, 1.82) is 5.26 Å². The number of fused-ring (bicyclic) bond motifs is 1. The van der Waals surface area contributed by atoms with Gasteiger partial charge in [0, 0.05) is 7.05 Å². The van der Waals surface area contributed by atoms with Crippen LogP contribution >= 0.6 is 0 Å². The smallest absolute Gasteiger partial charge is 0.264 e. The molecule has 0 N–H and O–H groups in total. The topological polar surface area (TPSA) is 62.6 Å². The van der Waals surface area contributed by atoms with E-state index in [-0.39, 0.29) is 12.5 Å². The molecule has 0 saturated carbocycles. The molecule has 0 aliphatic carbocycles. The number of carbonyl (C=O) groups is 1. The van der Waals surface area contributed by atoms with Crippen molar-refractivity contribution in [2.75, 3.05) is 31.8 Å². The number of hydrogen-bond donors (Lipinski definition) is 0. The Morgan fingerprint density at radius 1 is 1.47 bits per heavy atom. The number of nitriles is 1. The summed E-state index contributed by atoms with van der Waals surface area (Å²) in [5.74, 6) is 0.647. The highest BCUT2D eigenvalue weighted by Crippen LogP contribution is 2.36. The van der Waals surface area contributed by atoms with Gasteiger partial charge in [0.2, 0.25) is 0 Å². The van der Waals surface area contributed by atoms with Crippen LogP contribution in [0.4, 0.5) is 5.69 Å². The van der Waals surface area contributed by atoms with Crippen LogP contribution in [-0.2, 0) is 16.0 Å². The second kappa shape index (κ2) is 4.25. The van der Waals surface area contributed by atoms with Gasteiger partial charge in [-0.25, -0.2) is 0 Å². The molecule has 19 heavy (non-hydrogen) atoms. The molecule has 3 rings (SSSR count). The number of hydrogen-bond acceptors (Lipinski definition) is 4. The van der Waals surface area contributed by atoms with Crippen LogP contribution < -0.4 is 9.64 Å². The maximum absolute atomic E-state index is 11.6. The SMILES string of the molecule is CN1C(=O)COc2ccc(CC3(C#N)COC3)cc21. The van der Waals surface area contributed by atoms with E-state index in [0.29, 0.717) is 25.4 Å². The number of likely N-dealkylation sites (N-methyl/N-ethyl adjacent to an activating group) is 1. The Bertz CT molecular complexity index is 573. The molecule has 98 valence electrons. The first-order valence-electron chi connectivity index (χ1n) is 6.15. The first kappa shape index (κ1) is 12.0. The van der Waals surface area contributed by atoms with Crippen molar-refractivity contribution in [2.45, 2.75) is 6.42 Å². The molecule has 1 aromatic carbocycles. The monoisotopic (exact) mass is 258 g/mol. The van der Waals surface area contributed by atoms with Crippen LogP contribution in [0, 0.1) is 16.7 Å². The fraction of sp³-hybridized carbons (Fsp3) is 0.429. The molecular weight excluding hydrogens is 244 g/mol. The molecule has 2 heterocycles. The highest BCUT2D eigenvalue weighted by molar-refractivity contribution is 5.97. The molecule has 0 aromatic heterocycles. The summed E-state index contributed by atoms with van der Waals surface area (Å²) in [5.41, 5.74) is 1.38. The van der Waals surface area contributed by atoms with E-state index < -0.39 is 5.41 Å². The molecule has 2 aliphatic rings. The van der Waals surface area contributed by atoms with E-state index in [1.165, 1.54) is 0 Å². The Morgan fingerprint density at radius 3 is 2.89 bits per heavy atom. The van der Waals surface area contributed by atoms with Crippen molar-refractivity contribution in [3.63, 3.8) is 0 Å². The van der Waals surface area contributed by atoms with Gasteiger partial charge in [-0.05, 0) is 24.1 Å². The molecule has 1 aromatic rings. The Morgan fingerprint density at radius 2 is 2.26 bits per heavy atom. The van der Waals surface area contributed by atoms with Crippen LogP contribution in [0.5, 0.6) is 5.75 Å². The number of carbonyl (C=O) groups excluding carboxylic acids is 1. The van der Waals surface area contributed by atoms with E-state index in [9.17, 15) is 10.1 Å². The molecule has 0 spiro atoms. The Kier molecular flexibility index (Phi) is 2.68. The minimum Gasteiger partial charge on any atom is -0.482 e. The predicted molar refractivity (Wildman–Crippen MR) is 67.9 cm³/mol. The van der Waals surface area contributed by atoms with Gasteiger partial charge < -0.3 is 14.4 Å². The standard InChI is InChI=1S/C14H14N2O3/c1-16-11-4-10(5-14(7-15)8-18-9-14)2-3-12(11)19-6-13(16)17/h2-4H,5-6,8-9H2,1H3. The lowest BCUT2D eigenvalue weighted by Crippen LogP contribution is -2.43. The predicted octanol–water partition coefficient (Wildman–Crippen LogP) is 1.12. The van der Waals surface area contributed by atoms with Gasteiger partial charge in [-0.2, -0.15) is 5.26 Å². The highest BCUT2D eigenvalue weighted by Gasteiger charge is 2.39. The summed E-state index contributed by atoms with van der Waals surface area (Å²) >= 11 is 0. The van der Waals surface area contributed by atoms with Crippen LogP contribution in [0.15, 0.2) is 18.2 Å². The number of nitrogens with zero attached hydrogens (tertiary/aromatic N) is 2. The first-order chi connectivity index (χ1) is 9.13. The third-order valence-corrected chi connectivity index (χ3v) is 3.65. The minimum atomic E-state index is -0.410. The molecular formula is C14H14N2O3. The second-order valence-corrected chi connectivity index (χ2v) is 5.11. The molecule has 0 radical (unpaired) electrons. The normalized spacial score (nSPS) is 20.0. The number of anilines is 1. The third-order valence-electron chi connectivity index (χ3n) is 3.65. The molecule has 1 saturated heterocycles. The fourth-order valence-corrected chi connectivity index (χ4v) is 2.37. The van der Waals surface area contributed by atoms with Gasteiger partial charge >= 0.3 is 0 Å². The van der Waals surface area contributed by atoms with E-state index in [2.05, 4.69) is 6.07 Å². The van der Waals surface area contributed by atoms with Crippen molar-refractivity contribution in [3.8, 4) is 11.8 Å². The lowest BCUT2D eigenvalue weighted by molar-refractivity contribution is -0.120. The van der Waals surface area contributed by atoms with E-state index in [1.807, 2.05) is 18.2 Å². The lowest BCUT2D eigenvalue weighted by atomic mass is 9.81. The molecule has 1 amide bonds. The van der Waals surface area contributed by atoms with E-state index >= 15 is 0 Å². The Labute approximate surface area is 111 Å². The van der Waals surface area contributed by atoms with Gasteiger partial charge in [-0.15, -0.1) is 0 Å². The van der Waals surface area contributed by atoms with Crippen LogP contribution in [0.3, 0.4) is 0 Å². The fourth-order valence-electron chi connectivity index (χ4n) is 2.37. The Balaban J connectivity index is 1.89. The summed E-state index contributed by atoms with van der Waals surface area (Å²) in [6.07, 6.45) is 0.638. The average Bonchev–Trinajstić information content (AvgIpc) is 2.39. The Hall–Kier alpha value is -2.06. The molecule has 5 heteroatoms. The van der Waals surface area contributed by atoms with Crippen LogP contribution in [0.2, 0.25) is 0 Å². The third kappa shape index (κ3) is 1.94. The number of amides is 1. The minimum absolute atomic E-state index is 0.0633.